The van der Waals surface area contributed by atoms with Gasteiger partial charge in [-0.1, -0.05) is 18.2 Å². The van der Waals surface area contributed by atoms with Crippen molar-refractivity contribution in [3.63, 3.8) is 0 Å². The summed E-state index contributed by atoms with van der Waals surface area (Å²) < 4.78 is 30.3. The van der Waals surface area contributed by atoms with Gasteiger partial charge in [0, 0.05) is 10.9 Å². The number of rotatable bonds is 5. The molecule has 2 heterocycles. The molecule has 1 fully saturated rings. The van der Waals surface area contributed by atoms with Crippen molar-refractivity contribution in [3.05, 3.63) is 65.2 Å². The highest BCUT2D eigenvalue weighted by Gasteiger charge is 2.29. The van der Waals surface area contributed by atoms with Gasteiger partial charge in [-0.3, -0.25) is 4.79 Å². The minimum atomic E-state index is -0.734. The van der Waals surface area contributed by atoms with Gasteiger partial charge in [0.1, 0.15) is 29.5 Å². The highest BCUT2D eigenvalue weighted by atomic mass is 19.1. The summed E-state index contributed by atoms with van der Waals surface area (Å²) >= 11 is 0. The summed E-state index contributed by atoms with van der Waals surface area (Å²) in [6.07, 6.45) is -0.734. The number of fused-ring (bicyclic) bond motifs is 1. The number of halogens is 1. The van der Waals surface area contributed by atoms with E-state index in [4.69, 9.17) is 13.9 Å². The third kappa shape index (κ3) is 3.58. The molecule has 28 heavy (non-hydrogen) atoms. The number of furan rings is 1. The van der Waals surface area contributed by atoms with Crippen LogP contribution < -0.4 is 10.1 Å². The van der Waals surface area contributed by atoms with Gasteiger partial charge in [-0.15, -0.1) is 0 Å². The lowest BCUT2D eigenvalue weighted by molar-refractivity contribution is 0.0886. The molecule has 0 unspecified atom stereocenters. The molecule has 1 saturated heterocycles. The fourth-order valence-electron chi connectivity index (χ4n) is 3.27. The molecule has 1 amide bonds. The summed E-state index contributed by atoms with van der Waals surface area (Å²) in [5.41, 5.74) is 1.37. The highest BCUT2D eigenvalue weighted by molar-refractivity contribution is 6.07. The second kappa shape index (κ2) is 7.61. The molecule has 4 rings (SSSR count). The Balaban J connectivity index is 1.57. The largest absolute Gasteiger partial charge is 0.489 e. The fourth-order valence-corrected chi connectivity index (χ4v) is 3.27. The van der Waals surface area contributed by atoms with Gasteiger partial charge in [-0.05, 0) is 31.2 Å². The second-order valence-electron chi connectivity index (χ2n) is 6.76. The van der Waals surface area contributed by atoms with Gasteiger partial charge in [0.25, 0.3) is 5.91 Å². The van der Waals surface area contributed by atoms with Crippen LogP contribution in [-0.4, -0.2) is 36.4 Å². The first kappa shape index (κ1) is 18.5. The van der Waals surface area contributed by atoms with E-state index in [9.17, 15) is 14.3 Å². The van der Waals surface area contributed by atoms with E-state index in [0.29, 0.717) is 33.6 Å². The van der Waals surface area contributed by atoms with Gasteiger partial charge in [-0.25, -0.2) is 4.39 Å². The minimum Gasteiger partial charge on any atom is -0.489 e. The van der Waals surface area contributed by atoms with Crippen LogP contribution in [0.5, 0.6) is 5.75 Å². The Morgan fingerprint density at radius 3 is 2.86 bits per heavy atom. The van der Waals surface area contributed by atoms with Gasteiger partial charge < -0.3 is 24.3 Å². The maximum Gasteiger partial charge on any atom is 0.255 e. The van der Waals surface area contributed by atoms with Crippen molar-refractivity contribution >= 4 is 16.9 Å². The van der Waals surface area contributed by atoms with E-state index in [1.54, 1.807) is 43.3 Å². The average Bonchev–Trinajstić information content (AvgIpc) is 3.22. The number of amides is 1. The third-order valence-electron chi connectivity index (χ3n) is 4.78. The van der Waals surface area contributed by atoms with Crippen molar-refractivity contribution in [3.8, 4) is 5.75 Å². The molecular weight excluding hydrogens is 365 g/mol. The van der Waals surface area contributed by atoms with Crippen molar-refractivity contribution < 1.29 is 28.2 Å². The maximum atomic E-state index is 13.8. The van der Waals surface area contributed by atoms with Crippen LogP contribution in [0.1, 0.15) is 21.7 Å². The molecule has 7 heteroatoms. The first-order valence-corrected chi connectivity index (χ1v) is 8.99. The van der Waals surface area contributed by atoms with Gasteiger partial charge in [-0.2, -0.15) is 0 Å². The molecule has 6 nitrogen and oxygen atoms in total. The molecule has 2 aromatic carbocycles. The van der Waals surface area contributed by atoms with Crippen molar-refractivity contribution in [1.29, 1.82) is 0 Å². The Bertz CT molecular complexity index is 1020. The van der Waals surface area contributed by atoms with Crippen LogP contribution in [0.25, 0.3) is 11.0 Å². The number of nitrogens with one attached hydrogen (secondary N) is 1. The van der Waals surface area contributed by atoms with E-state index < -0.39 is 12.1 Å². The number of hydrogen-bond acceptors (Lipinski definition) is 5. The fraction of sp³-hybridized carbons (Fsp3) is 0.286. The van der Waals surface area contributed by atoms with Gasteiger partial charge in [0.05, 0.1) is 30.9 Å². The smallest absolute Gasteiger partial charge is 0.255 e. The van der Waals surface area contributed by atoms with Crippen LogP contribution in [0.15, 0.2) is 46.9 Å². The van der Waals surface area contributed by atoms with Crippen molar-refractivity contribution in [2.45, 2.75) is 25.7 Å². The standard InChI is InChI=1S/C21H20FNO5/c1-12-20(21(25)23-17-10-26-11-18(17)24)15-8-14(6-7-19(15)28-12)27-9-13-4-2-3-5-16(13)22/h2-8,17-18,24H,9-11H2,1H3,(H,23,25)/t17-,18-/m1/s1. The van der Waals surface area contributed by atoms with E-state index in [-0.39, 0.29) is 31.5 Å². The van der Waals surface area contributed by atoms with Gasteiger partial charge >= 0.3 is 0 Å². The van der Waals surface area contributed by atoms with E-state index in [2.05, 4.69) is 5.32 Å². The molecule has 1 aromatic heterocycles. The first-order chi connectivity index (χ1) is 13.5. The first-order valence-electron chi connectivity index (χ1n) is 8.99. The van der Waals surface area contributed by atoms with Crippen LogP contribution in [0, 0.1) is 12.7 Å². The topological polar surface area (TPSA) is 80.9 Å². The van der Waals surface area contributed by atoms with Gasteiger partial charge in [0.2, 0.25) is 0 Å². The Morgan fingerprint density at radius 1 is 1.29 bits per heavy atom. The number of aryl methyl sites for hydroxylation is 1. The van der Waals surface area contributed by atoms with E-state index in [1.165, 1.54) is 6.07 Å². The van der Waals surface area contributed by atoms with Crippen molar-refractivity contribution in [1.82, 2.24) is 5.32 Å². The number of carbonyl (C=O) groups excluding carboxylic acids is 1. The third-order valence-corrected chi connectivity index (χ3v) is 4.78. The SMILES string of the molecule is Cc1oc2ccc(OCc3ccccc3F)cc2c1C(=O)N[C@@H]1COC[C@H]1O. The Morgan fingerprint density at radius 2 is 2.11 bits per heavy atom. The summed E-state index contributed by atoms with van der Waals surface area (Å²) in [5.74, 6) is 0.277. The summed E-state index contributed by atoms with van der Waals surface area (Å²) in [7, 11) is 0. The predicted octanol–water partition coefficient (Wildman–Crippen LogP) is 2.95. The van der Waals surface area contributed by atoms with Gasteiger partial charge in [0.15, 0.2) is 0 Å². The molecule has 2 atom stereocenters. The molecule has 0 saturated carbocycles. The predicted molar refractivity (Wildman–Crippen MR) is 99.8 cm³/mol. The second-order valence-corrected chi connectivity index (χ2v) is 6.76. The van der Waals surface area contributed by atoms with E-state index >= 15 is 0 Å². The van der Waals surface area contributed by atoms with Crippen LogP contribution in [0.2, 0.25) is 0 Å². The zero-order chi connectivity index (χ0) is 19.7. The van der Waals surface area contributed by atoms with Crippen LogP contribution in [-0.2, 0) is 11.3 Å². The number of aliphatic hydroxyl groups excluding tert-OH is 1. The molecule has 0 radical (unpaired) electrons. The lowest BCUT2D eigenvalue weighted by atomic mass is 10.1. The molecule has 0 aliphatic carbocycles. The lowest BCUT2D eigenvalue weighted by Gasteiger charge is -2.14. The molecule has 0 bridgehead atoms. The van der Waals surface area contributed by atoms with E-state index in [1.807, 2.05) is 0 Å². The molecule has 0 spiro atoms. The molecule has 3 aromatic rings. The zero-order valence-electron chi connectivity index (χ0n) is 15.3. The Kier molecular flexibility index (Phi) is 5.02. The molecular formula is C21H20FNO5. The molecule has 146 valence electrons. The number of carbonyl (C=O) groups is 1. The number of aliphatic hydroxyl groups is 1. The number of benzene rings is 2. The summed E-state index contributed by atoms with van der Waals surface area (Å²) in [6, 6.07) is 11.1. The quantitative estimate of drug-likeness (QED) is 0.706. The summed E-state index contributed by atoms with van der Waals surface area (Å²) in [6.45, 7) is 2.24. The highest BCUT2D eigenvalue weighted by Crippen LogP contribution is 2.30. The average molecular weight is 385 g/mol. The van der Waals surface area contributed by atoms with Crippen molar-refractivity contribution in [2.75, 3.05) is 13.2 Å². The molecule has 2 N–H and O–H groups in total. The number of hydrogen-bond donors (Lipinski definition) is 2. The monoisotopic (exact) mass is 385 g/mol. The summed E-state index contributed by atoms with van der Waals surface area (Å²) in [4.78, 5) is 12.7. The Hall–Kier alpha value is -2.90. The van der Waals surface area contributed by atoms with Crippen molar-refractivity contribution in [2.24, 2.45) is 0 Å². The van der Waals surface area contributed by atoms with Crippen LogP contribution in [0.4, 0.5) is 4.39 Å². The minimum absolute atomic E-state index is 0.0716. The van der Waals surface area contributed by atoms with Crippen LogP contribution >= 0.6 is 0 Å². The zero-order valence-corrected chi connectivity index (χ0v) is 15.3. The normalized spacial score (nSPS) is 19.1. The number of ether oxygens (including phenoxy) is 2. The molecule has 1 aliphatic rings. The van der Waals surface area contributed by atoms with Crippen LogP contribution in [0.3, 0.4) is 0 Å². The van der Waals surface area contributed by atoms with E-state index in [0.717, 1.165) is 0 Å². The Labute approximate surface area is 160 Å². The maximum absolute atomic E-state index is 13.8. The molecule has 1 aliphatic heterocycles. The summed E-state index contributed by atoms with van der Waals surface area (Å²) in [5, 5.41) is 13.2. The lowest BCUT2D eigenvalue weighted by Crippen LogP contribution is -2.42.